The van der Waals surface area contributed by atoms with Crippen LogP contribution in [0.3, 0.4) is 0 Å². The molecule has 0 aromatic heterocycles. The maximum absolute atomic E-state index is 13.5. The fourth-order valence-electron chi connectivity index (χ4n) is 4.26. The molecule has 0 saturated carbocycles. The van der Waals surface area contributed by atoms with E-state index in [0.717, 1.165) is 5.56 Å². The quantitative estimate of drug-likeness (QED) is 0.378. The highest BCUT2D eigenvalue weighted by atomic mass is 16.6. The van der Waals surface area contributed by atoms with Crippen LogP contribution in [0.5, 0.6) is 0 Å². The first-order chi connectivity index (χ1) is 16.3. The molecule has 34 heavy (non-hydrogen) atoms. The van der Waals surface area contributed by atoms with Crippen LogP contribution in [0.4, 0.5) is 0 Å². The molecular formula is C28H32O6. The maximum Gasteiger partial charge on any atom is 0.341 e. The smallest absolute Gasteiger partial charge is 0.341 e. The molecule has 3 rings (SSSR count). The van der Waals surface area contributed by atoms with Gasteiger partial charge in [-0.3, -0.25) is 0 Å². The van der Waals surface area contributed by atoms with Gasteiger partial charge in [-0.15, -0.1) is 0 Å². The number of esters is 1. The molecule has 3 N–H and O–H groups in total. The number of aliphatic hydroxyl groups is 3. The SMILES string of the molecule is COC(=O)[C@](Cc1ccccc1)(OCc1ccccc1)[C@](O)(Cc1ccccc1)[C@@H](O)[C@@H](C)O. The van der Waals surface area contributed by atoms with E-state index in [1.54, 1.807) is 36.4 Å². The molecular weight excluding hydrogens is 432 g/mol. The van der Waals surface area contributed by atoms with Crippen molar-refractivity contribution >= 4 is 5.97 Å². The lowest BCUT2D eigenvalue weighted by atomic mass is 9.70. The van der Waals surface area contributed by atoms with Crippen molar-refractivity contribution in [1.29, 1.82) is 0 Å². The Bertz CT molecular complexity index is 1020. The summed E-state index contributed by atoms with van der Waals surface area (Å²) in [6, 6.07) is 27.3. The number of hydrogen-bond donors (Lipinski definition) is 3. The van der Waals surface area contributed by atoms with Crippen LogP contribution in [0.2, 0.25) is 0 Å². The van der Waals surface area contributed by atoms with E-state index in [2.05, 4.69) is 0 Å². The lowest BCUT2D eigenvalue weighted by molar-refractivity contribution is -0.249. The van der Waals surface area contributed by atoms with Gasteiger partial charge < -0.3 is 24.8 Å². The van der Waals surface area contributed by atoms with Gasteiger partial charge in [-0.1, -0.05) is 91.0 Å². The van der Waals surface area contributed by atoms with Gasteiger partial charge in [0.1, 0.15) is 11.7 Å². The lowest BCUT2D eigenvalue weighted by Crippen LogP contribution is -2.70. The summed E-state index contributed by atoms with van der Waals surface area (Å²) >= 11 is 0. The van der Waals surface area contributed by atoms with Gasteiger partial charge in [0.15, 0.2) is 0 Å². The van der Waals surface area contributed by atoms with Gasteiger partial charge >= 0.3 is 5.97 Å². The van der Waals surface area contributed by atoms with Crippen molar-refractivity contribution in [3.05, 3.63) is 108 Å². The van der Waals surface area contributed by atoms with Crippen LogP contribution in [-0.2, 0) is 33.7 Å². The molecule has 0 aliphatic rings. The zero-order valence-electron chi connectivity index (χ0n) is 19.5. The van der Waals surface area contributed by atoms with Crippen LogP contribution in [0.25, 0.3) is 0 Å². The Hall–Kier alpha value is -3.03. The minimum atomic E-state index is -2.24. The minimum Gasteiger partial charge on any atom is -0.467 e. The molecule has 0 aliphatic carbocycles. The number of ether oxygens (including phenoxy) is 2. The topological polar surface area (TPSA) is 96.2 Å². The molecule has 4 atom stereocenters. The molecule has 0 bridgehead atoms. The average molecular weight is 465 g/mol. The second-order valence-electron chi connectivity index (χ2n) is 8.53. The molecule has 0 radical (unpaired) electrons. The number of benzene rings is 3. The van der Waals surface area contributed by atoms with E-state index in [-0.39, 0.29) is 19.4 Å². The standard InChI is InChI=1S/C28H32O6/c1-21(29)25(30)27(32,18-22-12-6-3-7-13-22)28(26(31)33-2,19-23-14-8-4-9-15-23)34-20-24-16-10-5-11-17-24/h3-17,21,25,29-30,32H,18-20H2,1-2H3/t21-,25+,27+,28+/m1/s1. The van der Waals surface area contributed by atoms with Crippen molar-refractivity contribution in [2.75, 3.05) is 7.11 Å². The van der Waals surface area contributed by atoms with Crippen LogP contribution in [0, 0.1) is 0 Å². The maximum atomic E-state index is 13.5. The van der Waals surface area contributed by atoms with E-state index in [1.165, 1.54) is 14.0 Å². The van der Waals surface area contributed by atoms with Gasteiger partial charge in [-0.2, -0.15) is 0 Å². The number of carbonyl (C=O) groups excluding carboxylic acids is 1. The lowest BCUT2D eigenvalue weighted by Gasteiger charge is -2.48. The molecule has 0 heterocycles. The zero-order valence-corrected chi connectivity index (χ0v) is 19.5. The highest BCUT2D eigenvalue weighted by Gasteiger charge is 2.62. The summed E-state index contributed by atoms with van der Waals surface area (Å²) < 4.78 is 11.5. The molecule has 3 aromatic carbocycles. The number of methoxy groups -OCH3 is 1. The zero-order chi connectivity index (χ0) is 24.6. The Morgan fingerprint density at radius 2 is 1.24 bits per heavy atom. The van der Waals surface area contributed by atoms with E-state index >= 15 is 0 Å². The van der Waals surface area contributed by atoms with E-state index in [1.807, 2.05) is 54.6 Å². The number of rotatable bonds is 11. The summed E-state index contributed by atoms with van der Waals surface area (Å²) in [5.41, 5.74) is -2.14. The molecule has 0 saturated heterocycles. The van der Waals surface area contributed by atoms with Crippen molar-refractivity contribution in [3.63, 3.8) is 0 Å². The van der Waals surface area contributed by atoms with Gasteiger partial charge in [0.2, 0.25) is 5.60 Å². The van der Waals surface area contributed by atoms with Crippen LogP contribution in [0.15, 0.2) is 91.0 Å². The summed E-state index contributed by atoms with van der Waals surface area (Å²) in [4.78, 5) is 13.5. The van der Waals surface area contributed by atoms with Gasteiger partial charge in [0, 0.05) is 12.8 Å². The monoisotopic (exact) mass is 464 g/mol. The van der Waals surface area contributed by atoms with Crippen LogP contribution in [-0.4, -0.2) is 51.8 Å². The van der Waals surface area contributed by atoms with Crippen molar-refractivity contribution in [1.82, 2.24) is 0 Å². The summed E-state index contributed by atoms with van der Waals surface area (Å²) in [7, 11) is 1.21. The predicted molar refractivity (Wildman–Crippen MR) is 129 cm³/mol. The second-order valence-corrected chi connectivity index (χ2v) is 8.53. The highest BCUT2D eigenvalue weighted by Crippen LogP contribution is 2.39. The summed E-state index contributed by atoms with van der Waals surface area (Å²) in [5.74, 6) is -0.842. The highest BCUT2D eigenvalue weighted by molar-refractivity contribution is 5.82. The third-order valence-corrected chi connectivity index (χ3v) is 6.10. The van der Waals surface area contributed by atoms with Crippen molar-refractivity contribution in [2.24, 2.45) is 0 Å². The number of carbonyl (C=O) groups is 1. The largest absolute Gasteiger partial charge is 0.467 e. The normalized spacial score (nSPS) is 16.6. The third kappa shape index (κ3) is 5.54. The van der Waals surface area contributed by atoms with Gasteiger partial charge in [-0.05, 0) is 23.6 Å². The Morgan fingerprint density at radius 3 is 1.68 bits per heavy atom. The van der Waals surface area contributed by atoms with Crippen molar-refractivity contribution < 1.29 is 29.6 Å². The van der Waals surface area contributed by atoms with Crippen LogP contribution < -0.4 is 0 Å². The molecule has 0 amide bonds. The molecule has 0 fully saturated rings. The van der Waals surface area contributed by atoms with E-state index in [9.17, 15) is 20.1 Å². The average Bonchev–Trinajstić information content (AvgIpc) is 2.87. The molecule has 180 valence electrons. The first-order valence-corrected chi connectivity index (χ1v) is 11.2. The number of hydrogen-bond acceptors (Lipinski definition) is 6. The third-order valence-electron chi connectivity index (χ3n) is 6.10. The van der Waals surface area contributed by atoms with E-state index < -0.39 is 29.4 Å². The number of aliphatic hydroxyl groups excluding tert-OH is 2. The Morgan fingerprint density at radius 1 is 0.794 bits per heavy atom. The van der Waals surface area contributed by atoms with Crippen LogP contribution >= 0.6 is 0 Å². The molecule has 0 unspecified atom stereocenters. The first kappa shape index (κ1) is 25.6. The van der Waals surface area contributed by atoms with Gasteiger partial charge in [-0.25, -0.2) is 4.79 Å². The fraction of sp³-hybridized carbons (Fsp3) is 0.321. The molecule has 3 aromatic rings. The molecule has 6 heteroatoms. The van der Waals surface area contributed by atoms with Gasteiger partial charge in [0.05, 0.1) is 19.8 Å². The molecule has 0 spiro atoms. The minimum absolute atomic E-state index is 0.0214. The Kier molecular flexibility index (Phi) is 8.58. The second kappa shape index (κ2) is 11.4. The van der Waals surface area contributed by atoms with Crippen LogP contribution in [0.1, 0.15) is 23.6 Å². The van der Waals surface area contributed by atoms with Crippen molar-refractivity contribution in [2.45, 2.75) is 49.8 Å². The van der Waals surface area contributed by atoms with E-state index in [0.29, 0.717) is 11.1 Å². The summed E-state index contributed by atoms with van der Waals surface area (Å²) in [6.07, 6.45) is -3.31. The van der Waals surface area contributed by atoms with Crippen molar-refractivity contribution in [3.8, 4) is 0 Å². The molecule has 6 nitrogen and oxygen atoms in total. The first-order valence-electron chi connectivity index (χ1n) is 11.2. The summed E-state index contributed by atoms with van der Waals surface area (Å²) in [5, 5.41) is 33.8. The Labute approximate surface area is 200 Å². The predicted octanol–water partition coefficient (Wildman–Crippen LogP) is 3.07. The summed E-state index contributed by atoms with van der Waals surface area (Å²) in [6.45, 7) is 1.34. The van der Waals surface area contributed by atoms with E-state index in [4.69, 9.17) is 9.47 Å². The van der Waals surface area contributed by atoms with Gasteiger partial charge in [0.25, 0.3) is 0 Å². The Balaban J connectivity index is 2.18. The fourth-order valence-corrected chi connectivity index (χ4v) is 4.26. The molecule has 0 aliphatic heterocycles.